The van der Waals surface area contributed by atoms with Gasteiger partial charge in [0.25, 0.3) is 0 Å². The standard InChI is InChI=1S/C11H15N3O3S3/c1-18-10-12-13-11(20-10)19-6-8(15)14-4-2-7(3-5-14)9(16)17/h7H,2-6H2,1H3,(H,16,17). The predicted octanol–water partition coefficient (Wildman–Crippen LogP) is 1.68. The van der Waals surface area contributed by atoms with Crippen LogP contribution >= 0.6 is 34.9 Å². The maximum absolute atomic E-state index is 12.0. The van der Waals surface area contributed by atoms with Crippen LogP contribution in [0.5, 0.6) is 0 Å². The molecular weight excluding hydrogens is 318 g/mol. The van der Waals surface area contributed by atoms with Gasteiger partial charge < -0.3 is 10.0 Å². The third-order valence-electron chi connectivity index (χ3n) is 3.08. The average molecular weight is 333 g/mol. The minimum absolute atomic E-state index is 0.0414. The first-order valence-corrected chi connectivity index (χ1v) is 9.13. The maximum atomic E-state index is 12.0. The van der Waals surface area contributed by atoms with Gasteiger partial charge in [-0.1, -0.05) is 34.9 Å². The van der Waals surface area contributed by atoms with Gasteiger partial charge in [0.05, 0.1) is 11.7 Å². The number of aromatic nitrogens is 2. The van der Waals surface area contributed by atoms with Gasteiger partial charge in [0.2, 0.25) is 5.91 Å². The summed E-state index contributed by atoms with van der Waals surface area (Å²) in [6.45, 7) is 1.06. The number of carbonyl (C=O) groups excluding carboxylic acids is 1. The second kappa shape index (κ2) is 7.28. The SMILES string of the molecule is CSc1nnc(SCC(=O)N2CCC(C(=O)O)CC2)s1. The number of carbonyl (C=O) groups is 2. The Hall–Kier alpha value is -0.800. The van der Waals surface area contributed by atoms with Crippen LogP contribution in [-0.2, 0) is 9.59 Å². The Morgan fingerprint density at radius 2 is 2.00 bits per heavy atom. The summed E-state index contributed by atoms with van der Waals surface area (Å²) < 4.78 is 1.69. The highest BCUT2D eigenvalue weighted by molar-refractivity contribution is 8.03. The van der Waals surface area contributed by atoms with Crippen molar-refractivity contribution in [2.75, 3.05) is 25.1 Å². The largest absolute Gasteiger partial charge is 0.481 e. The lowest BCUT2D eigenvalue weighted by Gasteiger charge is -2.29. The molecule has 110 valence electrons. The summed E-state index contributed by atoms with van der Waals surface area (Å²) in [6.07, 6.45) is 3.02. The number of rotatable bonds is 5. The fraction of sp³-hybridized carbons (Fsp3) is 0.636. The van der Waals surface area contributed by atoms with Gasteiger partial charge in [-0.25, -0.2) is 0 Å². The number of carboxylic acids is 1. The molecule has 1 amide bonds. The summed E-state index contributed by atoms with van der Waals surface area (Å²) in [4.78, 5) is 24.6. The number of likely N-dealkylation sites (tertiary alicyclic amines) is 1. The zero-order valence-corrected chi connectivity index (χ0v) is 13.4. The average Bonchev–Trinajstić information content (AvgIpc) is 2.93. The molecule has 0 aromatic carbocycles. The molecule has 0 radical (unpaired) electrons. The molecule has 0 atom stereocenters. The van der Waals surface area contributed by atoms with Crippen molar-refractivity contribution < 1.29 is 14.7 Å². The molecule has 2 rings (SSSR count). The van der Waals surface area contributed by atoms with Crippen molar-refractivity contribution in [1.29, 1.82) is 0 Å². The molecular formula is C11H15N3O3S3. The zero-order chi connectivity index (χ0) is 14.5. The summed E-state index contributed by atoms with van der Waals surface area (Å²) in [7, 11) is 0. The highest BCUT2D eigenvalue weighted by Gasteiger charge is 2.26. The van der Waals surface area contributed by atoms with Crippen LogP contribution in [0, 0.1) is 5.92 Å². The molecule has 2 heterocycles. The van der Waals surface area contributed by atoms with Crippen LogP contribution < -0.4 is 0 Å². The topological polar surface area (TPSA) is 83.4 Å². The van der Waals surface area contributed by atoms with E-state index in [1.165, 1.54) is 34.9 Å². The third kappa shape index (κ3) is 4.10. The zero-order valence-electron chi connectivity index (χ0n) is 10.9. The Labute approximate surface area is 129 Å². The van der Waals surface area contributed by atoms with E-state index in [1.54, 1.807) is 4.90 Å². The molecule has 1 fully saturated rings. The van der Waals surface area contributed by atoms with E-state index >= 15 is 0 Å². The van der Waals surface area contributed by atoms with E-state index in [-0.39, 0.29) is 11.8 Å². The second-order valence-electron chi connectivity index (χ2n) is 4.32. The first-order valence-electron chi connectivity index (χ1n) is 6.11. The fourth-order valence-corrected chi connectivity index (χ4v) is 4.27. The van der Waals surface area contributed by atoms with E-state index in [0.29, 0.717) is 31.7 Å². The lowest BCUT2D eigenvalue weighted by Crippen LogP contribution is -2.41. The Balaban J connectivity index is 1.77. The minimum atomic E-state index is -0.759. The Morgan fingerprint density at radius 3 is 2.55 bits per heavy atom. The normalized spacial score (nSPS) is 16.4. The predicted molar refractivity (Wildman–Crippen MR) is 79.4 cm³/mol. The summed E-state index contributed by atoms with van der Waals surface area (Å²) in [5.41, 5.74) is 0. The molecule has 0 unspecified atom stereocenters. The van der Waals surface area contributed by atoms with Crippen molar-refractivity contribution in [2.45, 2.75) is 21.5 Å². The van der Waals surface area contributed by atoms with Crippen molar-refractivity contribution >= 4 is 46.7 Å². The number of piperidine rings is 1. The highest BCUT2D eigenvalue weighted by Crippen LogP contribution is 2.27. The first-order chi connectivity index (χ1) is 9.60. The van der Waals surface area contributed by atoms with Gasteiger partial charge in [-0.3, -0.25) is 9.59 Å². The van der Waals surface area contributed by atoms with Gasteiger partial charge in [0, 0.05) is 13.1 Å². The molecule has 20 heavy (non-hydrogen) atoms. The molecule has 1 N–H and O–H groups in total. The molecule has 1 aromatic rings. The maximum Gasteiger partial charge on any atom is 0.306 e. The van der Waals surface area contributed by atoms with Gasteiger partial charge in [-0.05, 0) is 19.1 Å². The van der Waals surface area contributed by atoms with Crippen molar-refractivity contribution in [3.63, 3.8) is 0 Å². The Kier molecular flexibility index (Phi) is 5.67. The van der Waals surface area contributed by atoms with Crippen LogP contribution in [0.15, 0.2) is 8.68 Å². The summed E-state index contributed by atoms with van der Waals surface area (Å²) in [5, 5.41) is 16.9. The second-order valence-corrected chi connectivity index (χ2v) is 7.57. The van der Waals surface area contributed by atoms with Crippen LogP contribution in [0.1, 0.15) is 12.8 Å². The molecule has 0 bridgehead atoms. The Morgan fingerprint density at radius 1 is 1.35 bits per heavy atom. The van der Waals surface area contributed by atoms with Gasteiger partial charge >= 0.3 is 5.97 Å². The summed E-state index contributed by atoms with van der Waals surface area (Å²) >= 11 is 4.41. The lowest BCUT2D eigenvalue weighted by molar-refractivity contribution is -0.145. The van der Waals surface area contributed by atoms with E-state index in [2.05, 4.69) is 10.2 Å². The van der Waals surface area contributed by atoms with Crippen LogP contribution in [-0.4, -0.2) is 57.2 Å². The number of hydrogen-bond donors (Lipinski definition) is 1. The van der Waals surface area contributed by atoms with Crippen molar-refractivity contribution in [3.8, 4) is 0 Å². The molecule has 9 heteroatoms. The van der Waals surface area contributed by atoms with Crippen LogP contribution in [0.4, 0.5) is 0 Å². The van der Waals surface area contributed by atoms with E-state index in [4.69, 9.17) is 5.11 Å². The van der Waals surface area contributed by atoms with E-state index in [9.17, 15) is 9.59 Å². The smallest absolute Gasteiger partial charge is 0.306 e. The highest BCUT2D eigenvalue weighted by atomic mass is 32.2. The minimum Gasteiger partial charge on any atom is -0.481 e. The van der Waals surface area contributed by atoms with Gasteiger partial charge in [0.1, 0.15) is 0 Å². The molecule has 1 aliphatic rings. The number of hydrogen-bond acceptors (Lipinski definition) is 7. The van der Waals surface area contributed by atoms with E-state index in [1.807, 2.05) is 6.26 Å². The molecule has 1 aromatic heterocycles. The van der Waals surface area contributed by atoms with Crippen molar-refractivity contribution in [3.05, 3.63) is 0 Å². The number of amides is 1. The summed E-state index contributed by atoms with van der Waals surface area (Å²) in [5.74, 6) is -0.690. The lowest BCUT2D eigenvalue weighted by atomic mass is 9.97. The first kappa shape index (κ1) is 15.6. The molecule has 1 saturated heterocycles. The number of carboxylic acid groups (broad SMARTS) is 1. The third-order valence-corrected chi connectivity index (χ3v) is 6.10. The molecule has 1 aliphatic heterocycles. The molecule has 6 nitrogen and oxygen atoms in total. The molecule has 0 saturated carbocycles. The van der Waals surface area contributed by atoms with Crippen molar-refractivity contribution in [2.24, 2.45) is 5.92 Å². The van der Waals surface area contributed by atoms with Gasteiger partial charge in [0.15, 0.2) is 8.68 Å². The van der Waals surface area contributed by atoms with Crippen LogP contribution in [0.25, 0.3) is 0 Å². The van der Waals surface area contributed by atoms with Crippen LogP contribution in [0.3, 0.4) is 0 Å². The quantitative estimate of drug-likeness (QED) is 0.821. The fourth-order valence-electron chi connectivity index (χ4n) is 1.93. The number of aliphatic carboxylic acids is 1. The van der Waals surface area contributed by atoms with Crippen molar-refractivity contribution in [1.82, 2.24) is 15.1 Å². The Bertz CT molecular complexity index is 486. The van der Waals surface area contributed by atoms with Crippen LogP contribution in [0.2, 0.25) is 0 Å². The van der Waals surface area contributed by atoms with Gasteiger partial charge in [-0.15, -0.1) is 10.2 Å². The number of nitrogens with zero attached hydrogens (tertiary/aromatic N) is 3. The molecule has 0 aliphatic carbocycles. The molecule has 0 spiro atoms. The van der Waals surface area contributed by atoms with E-state index in [0.717, 1.165) is 8.68 Å². The monoisotopic (exact) mass is 333 g/mol. The van der Waals surface area contributed by atoms with Gasteiger partial charge in [-0.2, -0.15) is 0 Å². The summed E-state index contributed by atoms with van der Waals surface area (Å²) in [6, 6.07) is 0. The van der Waals surface area contributed by atoms with E-state index < -0.39 is 5.97 Å². The number of thioether (sulfide) groups is 2.